The molecule has 0 aliphatic carbocycles. The molecular formula is C52H33NOS. The maximum atomic E-state index is 6.99. The molecule has 0 unspecified atom stereocenters. The van der Waals surface area contributed by atoms with Gasteiger partial charge < -0.3 is 9.32 Å². The normalized spacial score (nSPS) is 11.6. The molecule has 0 saturated heterocycles. The molecule has 2 heterocycles. The van der Waals surface area contributed by atoms with Gasteiger partial charge in [-0.3, -0.25) is 0 Å². The molecule has 0 saturated carbocycles. The summed E-state index contributed by atoms with van der Waals surface area (Å²) in [6, 6.07) is 72.0. The van der Waals surface area contributed by atoms with Gasteiger partial charge in [-0.05, 0) is 75.8 Å². The molecule has 11 aromatic rings. The van der Waals surface area contributed by atoms with Gasteiger partial charge in [0.05, 0.1) is 16.1 Å². The van der Waals surface area contributed by atoms with Gasteiger partial charge in [0.25, 0.3) is 0 Å². The molecule has 11 rings (SSSR count). The van der Waals surface area contributed by atoms with Crippen molar-refractivity contribution in [3.8, 4) is 33.4 Å². The maximum absolute atomic E-state index is 6.99. The van der Waals surface area contributed by atoms with Crippen LogP contribution < -0.4 is 4.90 Å². The van der Waals surface area contributed by atoms with Gasteiger partial charge in [0.2, 0.25) is 0 Å². The lowest BCUT2D eigenvalue weighted by atomic mass is 9.93. The first-order valence-corrected chi connectivity index (χ1v) is 19.5. The van der Waals surface area contributed by atoms with Gasteiger partial charge in [0.15, 0.2) is 0 Å². The lowest BCUT2D eigenvalue weighted by Gasteiger charge is -2.28. The van der Waals surface area contributed by atoms with Crippen LogP contribution in [0.3, 0.4) is 0 Å². The topological polar surface area (TPSA) is 16.4 Å². The largest absolute Gasteiger partial charge is 0.455 e. The average Bonchev–Trinajstić information content (AvgIpc) is 3.84. The van der Waals surface area contributed by atoms with E-state index in [1.54, 1.807) is 0 Å². The predicted octanol–water partition coefficient (Wildman–Crippen LogP) is 15.6. The van der Waals surface area contributed by atoms with Gasteiger partial charge in [0.1, 0.15) is 11.2 Å². The molecule has 0 radical (unpaired) electrons. The van der Waals surface area contributed by atoms with Crippen LogP contribution in [0.1, 0.15) is 0 Å². The molecule has 2 aromatic heterocycles. The molecule has 0 aliphatic heterocycles. The van der Waals surface area contributed by atoms with Crippen LogP contribution in [-0.2, 0) is 0 Å². The molecule has 0 atom stereocenters. The van der Waals surface area contributed by atoms with Crippen LogP contribution in [0.15, 0.2) is 205 Å². The maximum Gasteiger partial charge on any atom is 0.143 e. The zero-order chi connectivity index (χ0) is 36.3. The Labute approximate surface area is 322 Å². The highest BCUT2D eigenvalue weighted by Gasteiger charge is 2.24. The number of benzene rings is 9. The summed E-state index contributed by atoms with van der Waals surface area (Å²) < 4.78 is 9.54. The van der Waals surface area contributed by atoms with Gasteiger partial charge in [-0.15, -0.1) is 11.3 Å². The Balaban J connectivity index is 1.23. The van der Waals surface area contributed by atoms with Crippen molar-refractivity contribution >= 4 is 81.3 Å². The Hall–Kier alpha value is -6.94. The summed E-state index contributed by atoms with van der Waals surface area (Å²) >= 11 is 1.86. The van der Waals surface area contributed by atoms with Crippen LogP contribution in [0.4, 0.5) is 17.1 Å². The zero-order valence-corrected chi connectivity index (χ0v) is 30.6. The Morgan fingerprint density at radius 2 is 0.964 bits per heavy atom. The van der Waals surface area contributed by atoms with E-state index in [-0.39, 0.29) is 0 Å². The van der Waals surface area contributed by atoms with E-state index in [4.69, 9.17) is 4.42 Å². The minimum absolute atomic E-state index is 0.878. The van der Waals surface area contributed by atoms with E-state index in [9.17, 15) is 0 Å². The molecule has 9 aromatic carbocycles. The van der Waals surface area contributed by atoms with E-state index in [0.29, 0.717) is 0 Å². The molecular weight excluding hydrogens is 687 g/mol. The van der Waals surface area contributed by atoms with Crippen LogP contribution in [0.5, 0.6) is 0 Å². The second kappa shape index (κ2) is 12.9. The number of anilines is 3. The summed E-state index contributed by atoms with van der Waals surface area (Å²) in [5.41, 5.74) is 12.1. The van der Waals surface area contributed by atoms with Gasteiger partial charge in [0, 0.05) is 42.7 Å². The fourth-order valence-electron chi connectivity index (χ4n) is 8.29. The average molecular weight is 720 g/mol. The van der Waals surface area contributed by atoms with E-state index in [2.05, 4.69) is 205 Å². The molecule has 258 valence electrons. The van der Waals surface area contributed by atoms with Crippen molar-refractivity contribution in [1.82, 2.24) is 0 Å². The molecule has 0 fully saturated rings. The highest BCUT2D eigenvalue weighted by atomic mass is 32.1. The Morgan fingerprint density at radius 3 is 1.69 bits per heavy atom. The number of furan rings is 1. The van der Waals surface area contributed by atoms with Gasteiger partial charge >= 0.3 is 0 Å². The smallest absolute Gasteiger partial charge is 0.143 e. The summed E-state index contributed by atoms with van der Waals surface area (Å²) in [7, 11) is 0. The molecule has 0 bridgehead atoms. The molecule has 3 heteroatoms. The van der Waals surface area contributed by atoms with Gasteiger partial charge in [-0.2, -0.15) is 0 Å². The highest BCUT2D eigenvalue weighted by Crippen LogP contribution is 2.50. The zero-order valence-electron chi connectivity index (χ0n) is 29.8. The summed E-state index contributed by atoms with van der Waals surface area (Å²) in [6.07, 6.45) is 0. The van der Waals surface area contributed by atoms with Crippen LogP contribution in [-0.4, -0.2) is 0 Å². The number of rotatable bonds is 6. The summed E-state index contributed by atoms with van der Waals surface area (Å²) in [6.45, 7) is 0. The first kappa shape index (κ1) is 31.6. The molecule has 2 nitrogen and oxygen atoms in total. The van der Waals surface area contributed by atoms with E-state index in [1.165, 1.54) is 31.3 Å². The third-order valence-corrected chi connectivity index (χ3v) is 12.1. The van der Waals surface area contributed by atoms with E-state index in [0.717, 1.165) is 72.0 Å². The number of fused-ring (bicyclic) bond motifs is 8. The number of nitrogens with zero attached hydrogens (tertiary/aromatic N) is 1. The molecule has 55 heavy (non-hydrogen) atoms. The fraction of sp³-hybridized carbons (Fsp3) is 0. The Bertz CT molecular complexity index is 3180. The number of hydrogen-bond donors (Lipinski definition) is 0. The third-order valence-electron chi connectivity index (χ3n) is 10.8. The third kappa shape index (κ3) is 5.24. The monoisotopic (exact) mass is 719 g/mol. The first-order valence-electron chi connectivity index (χ1n) is 18.7. The van der Waals surface area contributed by atoms with Crippen LogP contribution in [0.2, 0.25) is 0 Å². The van der Waals surface area contributed by atoms with Crippen molar-refractivity contribution in [2.75, 3.05) is 4.90 Å². The molecule has 0 aliphatic rings. The van der Waals surface area contributed by atoms with E-state index < -0.39 is 0 Å². The predicted molar refractivity (Wildman–Crippen MR) is 235 cm³/mol. The van der Waals surface area contributed by atoms with Gasteiger partial charge in [-0.25, -0.2) is 0 Å². The second-order valence-corrected chi connectivity index (χ2v) is 15.1. The second-order valence-electron chi connectivity index (χ2n) is 14.0. The highest BCUT2D eigenvalue weighted by molar-refractivity contribution is 7.26. The Kier molecular flexibility index (Phi) is 7.39. The number of thiophene rings is 1. The van der Waals surface area contributed by atoms with Crippen molar-refractivity contribution in [1.29, 1.82) is 0 Å². The summed E-state index contributed by atoms with van der Waals surface area (Å²) in [4.78, 5) is 2.47. The lowest BCUT2D eigenvalue weighted by molar-refractivity contribution is 0.673. The quantitative estimate of drug-likeness (QED) is 0.170. The van der Waals surface area contributed by atoms with Crippen molar-refractivity contribution in [3.05, 3.63) is 200 Å². The lowest BCUT2D eigenvalue weighted by Crippen LogP contribution is -2.10. The first-order chi connectivity index (χ1) is 27.3. The van der Waals surface area contributed by atoms with E-state index >= 15 is 0 Å². The fourth-order valence-corrected chi connectivity index (χ4v) is 9.49. The SMILES string of the molecule is c1ccc(-c2ccc(N(c3cc4c(oc5cc(-c6ccccc6)cc(-c6ccccc6)c54)c4ccccc34)c3cccc4c3sc3ccccc34)cc2)cc1. The van der Waals surface area contributed by atoms with Crippen molar-refractivity contribution in [3.63, 3.8) is 0 Å². The van der Waals surface area contributed by atoms with Crippen molar-refractivity contribution in [2.24, 2.45) is 0 Å². The van der Waals surface area contributed by atoms with Crippen molar-refractivity contribution in [2.45, 2.75) is 0 Å². The van der Waals surface area contributed by atoms with Crippen LogP contribution in [0, 0.1) is 0 Å². The minimum atomic E-state index is 0.878. The Morgan fingerprint density at radius 1 is 0.382 bits per heavy atom. The van der Waals surface area contributed by atoms with Crippen molar-refractivity contribution < 1.29 is 4.42 Å². The molecule has 0 N–H and O–H groups in total. The number of hydrogen-bond acceptors (Lipinski definition) is 3. The standard InChI is InChI=1S/C52H33NOS/c1-4-15-34(16-5-1)36-27-29-39(30-28-36)53(46-25-14-24-43-41-22-12-13-26-49(41)55-52(43)46)47-33-45-50-44(37-19-8-3-9-20-37)31-38(35-17-6-2-7-18-35)32-48(50)54-51(45)42-23-11-10-21-40(42)47/h1-33H. The van der Waals surface area contributed by atoms with Crippen LogP contribution >= 0.6 is 11.3 Å². The summed E-state index contributed by atoms with van der Waals surface area (Å²) in [5, 5.41) is 6.98. The summed E-state index contributed by atoms with van der Waals surface area (Å²) in [5.74, 6) is 0. The van der Waals surface area contributed by atoms with Crippen LogP contribution in [0.25, 0.3) is 86.3 Å². The minimum Gasteiger partial charge on any atom is -0.455 e. The molecule has 0 amide bonds. The van der Waals surface area contributed by atoms with E-state index in [1.807, 2.05) is 11.3 Å². The van der Waals surface area contributed by atoms with Gasteiger partial charge in [-0.1, -0.05) is 158 Å². The molecule has 0 spiro atoms.